The van der Waals surface area contributed by atoms with Crippen LogP contribution in [0.5, 0.6) is 0 Å². The molecule has 2 unspecified atom stereocenters. The number of piperidine rings is 1. The first-order chi connectivity index (χ1) is 8.04. The number of amides is 1. The van der Waals surface area contributed by atoms with Crippen LogP contribution in [-0.4, -0.2) is 48.6 Å². The van der Waals surface area contributed by atoms with Crippen molar-refractivity contribution in [2.75, 3.05) is 26.7 Å². The summed E-state index contributed by atoms with van der Waals surface area (Å²) in [4.78, 5) is 24.7. The van der Waals surface area contributed by atoms with Crippen molar-refractivity contribution in [3.8, 4) is 0 Å². The molecule has 98 valence electrons. The van der Waals surface area contributed by atoms with Gasteiger partial charge in [0.25, 0.3) is 0 Å². The van der Waals surface area contributed by atoms with Gasteiger partial charge in [0.1, 0.15) is 5.92 Å². The summed E-state index contributed by atoms with van der Waals surface area (Å²) in [6.07, 6.45) is 2.59. The average molecular weight is 242 g/mol. The van der Waals surface area contributed by atoms with Gasteiger partial charge in [-0.15, -0.1) is 0 Å². The molecule has 1 aliphatic rings. The lowest BCUT2D eigenvalue weighted by Crippen LogP contribution is -2.42. The van der Waals surface area contributed by atoms with Crippen LogP contribution in [0.15, 0.2) is 0 Å². The summed E-state index contributed by atoms with van der Waals surface area (Å²) in [6, 6.07) is 0. The van der Waals surface area contributed by atoms with Crippen molar-refractivity contribution in [1.82, 2.24) is 10.2 Å². The Bertz CT molecular complexity index is 281. The van der Waals surface area contributed by atoms with Crippen LogP contribution < -0.4 is 5.32 Å². The molecule has 5 nitrogen and oxygen atoms in total. The van der Waals surface area contributed by atoms with Gasteiger partial charge in [-0.05, 0) is 38.8 Å². The predicted octanol–water partition coefficient (Wildman–Crippen LogP) is 0.555. The van der Waals surface area contributed by atoms with Crippen molar-refractivity contribution in [1.29, 1.82) is 0 Å². The van der Waals surface area contributed by atoms with Crippen LogP contribution in [-0.2, 0) is 9.59 Å². The largest absolute Gasteiger partial charge is 0.481 e. The van der Waals surface area contributed by atoms with Crippen LogP contribution in [0.2, 0.25) is 0 Å². The number of carboxylic acid groups (broad SMARTS) is 1. The fraction of sp³-hybridized carbons (Fsp3) is 0.833. The Morgan fingerprint density at radius 1 is 1.53 bits per heavy atom. The molecule has 0 aliphatic carbocycles. The minimum Gasteiger partial charge on any atom is -0.481 e. The first-order valence-electron chi connectivity index (χ1n) is 6.23. The van der Waals surface area contributed by atoms with Crippen LogP contribution in [0.3, 0.4) is 0 Å². The van der Waals surface area contributed by atoms with Gasteiger partial charge in [-0.3, -0.25) is 9.59 Å². The van der Waals surface area contributed by atoms with Crippen molar-refractivity contribution >= 4 is 11.9 Å². The minimum atomic E-state index is -1.04. The van der Waals surface area contributed by atoms with E-state index >= 15 is 0 Å². The van der Waals surface area contributed by atoms with Crippen LogP contribution in [0.1, 0.15) is 26.2 Å². The van der Waals surface area contributed by atoms with Gasteiger partial charge in [-0.1, -0.05) is 6.92 Å². The molecule has 0 saturated carbocycles. The van der Waals surface area contributed by atoms with Crippen LogP contribution in [0, 0.1) is 11.8 Å². The number of carboxylic acids is 1. The van der Waals surface area contributed by atoms with E-state index in [1.165, 1.54) is 0 Å². The SMILES string of the molecule is CCC(C(=O)O)C(=O)NCC1CCCN(C)C1. The third-order valence-electron chi connectivity index (χ3n) is 3.31. The summed E-state index contributed by atoms with van der Waals surface area (Å²) in [7, 11) is 2.07. The number of carbonyl (C=O) groups is 2. The number of carbonyl (C=O) groups excluding carboxylic acids is 1. The van der Waals surface area contributed by atoms with E-state index in [0.717, 1.165) is 25.9 Å². The smallest absolute Gasteiger partial charge is 0.316 e. The van der Waals surface area contributed by atoms with E-state index < -0.39 is 11.9 Å². The molecule has 1 aliphatic heterocycles. The number of hydrogen-bond donors (Lipinski definition) is 2. The molecule has 2 atom stereocenters. The first-order valence-corrected chi connectivity index (χ1v) is 6.23. The second-order valence-corrected chi connectivity index (χ2v) is 4.81. The highest BCUT2D eigenvalue weighted by Crippen LogP contribution is 2.14. The highest BCUT2D eigenvalue weighted by atomic mass is 16.4. The first kappa shape index (κ1) is 14.0. The molecule has 1 heterocycles. The third-order valence-corrected chi connectivity index (χ3v) is 3.31. The Morgan fingerprint density at radius 3 is 2.76 bits per heavy atom. The van der Waals surface area contributed by atoms with Gasteiger partial charge in [0.15, 0.2) is 0 Å². The molecule has 0 bridgehead atoms. The van der Waals surface area contributed by atoms with E-state index in [1.807, 2.05) is 0 Å². The van der Waals surface area contributed by atoms with E-state index in [9.17, 15) is 9.59 Å². The van der Waals surface area contributed by atoms with Crippen molar-refractivity contribution in [3.05, 3.63) is 0 Å². The van der Waals surface area contributed by atoms with Crippen molar-refractivity contribution in [2.45, 2.75) is 26.2 Å². The Balaban J connectivity index is 2.34. The molecule has 0 aromatic heterocycles. The summed E-state index contributed by atoms with van der Waals surface area (Å²) in [5.41, 5.74) is 0. The van der Waals surface area contributed by atoms with E-state index in [4.69, 9.17) is 5.11 Å². The van der Waals surface area contributed by atoms with Crippen molar-refractivity contribution in [2.24, 2.45) is 11.8 Å². The topological polar surface area (TPSA) is 69.6 Å². The van der Waals surface area contributed by atoms with Crippen LogP contribution >= 0.6 is 0 Å². The zero-order valence-electron chi connectivity index (χ0n) is 10.6. The lowest BCUT2D eigenvalue weighted by Gasteiger charge is -2.29. The van der Waals surface area contributed by atoms with Crippen LogP contribution in [0.4, 0.5) is 0 Å². The molecule has 1 saturated heterocycles. The molecule has 2 N–H and O–H groups in total. The van der Waals surface area contributed by atoms with E-state index in [2.05, 4.69) is 17.3 Å². The standard InChI is InChI=1S/C12H22N2O3/c1-3-10(12(16)17)11(15)13-7-9-5-4-6-14(2)8-9/h9-10H,3-8H2,1-2H3,(H,13,15)(H,16,17). The molecule has 17 heavy (non-hydrogen) atoms. The summed E-state index contributed by atoms with van der Waals surface area (Å²) in [6.45, 7) is 4.39. The van der Waals surface area contributed by atoms with Gasteiger partial charge >= 0.3 is 5.97 Å². The van der Waals surface area contributed by atoms with Crippen LogP contribution in [0.25, 0.3) is 0 Å². The van der Waals surface area contributed by atoms with Crippen molar-refractivity contribution < 1.29 is 14.7 Å². The lowest BCUT2D eigenvalue weighted by molar-refractivity contribution is -0.147. The predicted molar refractivity (Wildman–Crippen MR) is 64.6 cm³/mol. The molecule has 0 radical (unpaired) electrons. The molecule has 1 rings (SSSR count). The zero-order chi connectivity index (χ0) is 12.8. The molecule has 0 spiro atoms. The molecule has 1 fully saturated rings. The van der Waals surface area contributed by atoms with Gasteiger partial charge in [0.05, 0.1) is 0 Å². The van der Waals surface area contributed by atoms with Gasteiger partial charge in [-0.25, -0.2) is 0 Å². The number of nitrogens with one attached hydrogen (secondary N) is 1. The monoisotopic (exact) mass is 242 g/mol. The van der Waals surface area contributed by atoms with Gasteiger partial charge in [0, 0.05) is 13.1 Å². The van der Waals surface area contributed by atoms with Gasteiger partial charge < -0.3 is 15.3 Å². The Morgan fingerprint density at radius 2 is 2.24 bits per heavy atom. The average Bonchev–Trinajstić information content (AvgIpc) is 2.27. The zero-order valence-corrected chi connectivity index (χ0v) is 10.6. The summed E-state index contributed by atoms with van der Waals surface area (Å²) < 4.78 is 0. The second-order valence-electron chi connectivity index (χ2n) is 4.81. The number of likely N-dealkylation sites (tertiary alicyclic amines) is 1. The maximum atomic E-state index is 11.6. The quantitative estimate of drug-likeness (QED) is 0.691. The molecule has 5 heteroatoms. The summed E-state index contributed by atoms with van der Waals surface area (Å²) in [5, 5.41) is 11.6. The molecular weight excluding hydrogens is 220 g/mol. The Hall–Kier alpha value is -1.10. The Kier molecular flexibility index (Phi) is 5.41. The molecule has 0 aromatic carbocycles. The fourth-order valence-corrected chi connectivity index (χ4v) is 2.28. The third kappa shape index (κ3) is 4.34. The van der Waals surface area contributed by atoms with E-state index in [-0.39, 0.29) is 5.91 Å². The van der Waals surface area contributed by atoms with Gasteiger partial charge in [-0.2, -0.15) is 0 Å². The van der Waals surface area contributed by atoms with Gasteiger partial charge in [0.2, 0.25) is 5.91 Å². The fourth-order valence-electron chi connectivity index (χ4n) is 2.28. The Labute approximate surface area is 102 Å². The lowest BCUT2D eigenvalue weighted by atomic mass is 9.98. The van der Waals surface area contributed by atoms with Crippen molar-refractivity contribution in [3.63, 3.8) is 0 Å². The normalized spacial score (nSPS) is 23.1. The van der Waals surface area contributed by atoms with E-state index in [1.54, 1.807) is 6.92 Å². The minimum absolute atomic E-state index is 0.339. The summed E-state index contributed by atoms with van der Waals surface area (Å²) in [5.74, 6) is -1.85. The highest BCUT2D eigenvalue weighted by molar-refractivity contribution is 5.96. The molecule has 0 aromatic rings. The maximum Gasteiger partial charge on any atom is 0.316 e. The van der Waals surface area contributed by atoms with E-state index in [0.29, 0.717) is 18.9 Å². The number of rotatable bonds is 5. The number of hydrogen-bond acceptors (Lipinski definition) is 3. The molecular formula is C12H22N2O3. The second kappa shape index (κ2) is 6.59. The highest BCUT2D eigenvalue weighted by Gasteiger charge is 2.25. The number of nitrogens with zero attached hydrogens (tertiary/aromatic N) is 1. The molecule has 1 amide bonds. The summed E-state index contributed by atoms with van der Waals surface area (Å²) >= 11 is 0. The maximum absolute atomic E-state index is 11.6. The number of aliphatic carboxylic acids is 1.